The Labute approximate surface area is 273 Å². The maximum atomic E-state index is 12.3. The van der Waals surface area contributed by atoms with E-state index < -0.39 is 18.2 Å². The van der Waals surface area contributed by atoms with Crippen molar-refractivity contribution in [2.75, 3.05) is 6.61 Å². The second-order valence-corrected chi connectivity index (χ2v) is 12.8. The van der Waals surface area contributed by atoms with Crippen molar-refractivity contribution in [2.45, 2.75) is 199 Å². The Morgan fingerprint density at radius 3 is 1.45 bits per heavy atom. The SMILES string of the molecule is CCCCCCCCCCC/C=C/CC/C=C/CC/C=C/C(O)C(CO)NC(=O)CC(O)CCCCCCCCCCCC. The summed E-state index contributed by atoms with van der Waals surface area (Å²) in [5, 5.41) is 33.0. The lowest BCUT2D eigenvalue weighted by molar-refractivity contribution is -0.124. The Bertz CT molecular complexity index is 690. The van der Waals surface area contributed by atoms with Crippen LogP contribution in [-0.4, -0.2) is 46.1 Å². The zero-order chi connectivity index (χ0) is 32.4. The average Bonchev–Trinajstić information content (AvgIpc) is 3.01. The van der Waals surface area contributed by atoms with Gasteiger partial charge in [-0.1, -0.05) is 166 Å². The Hall–Kier alpha value is -1.43. The molecule has 0 aliphatic carbocycles. The van der Waals surface area contributed by atoms with Gasteiger partial charge < -0.3 is 20.6 Å². The summed E-state index contributed by atoms with van der Waals surface area (Å²) in [5.74, 6) is -0.332. The van der Waals surface area contributed by atoms with Crippen LogP contribution in [-0.2, 0) is 4.79 Å². The van der Waals surface area contributed by atoms with E-state index in [2.05, 4.69) is 43.5 Å². The number of amides is 1. The number of carbonyl (C=O) groups is 1. The van der Waals surface area contributed by atoms with Crippen LogP contribution in [0.2, 0.25) is 0 Å². The van der Waals surface area contributed by atoms with Crippen molar-refractivity contribution in [1.29, 1.82) is 0 Å². The van der Waals surface area contributed by atoms with E-state index >= 15 is 0 Å². The average molecular weight is 620 g/mol. The summed E-state index contributed by atoms with van der Waals surface area (Å²) in [6, 6.07) is -0.763. The summed E-state index contributed by atoms with van der Waals surface area (Å²) in [4.78, 5) is 12.3. The summed E-state index contributed by atoms with van der Waals surface area (Å²) in [5.41, 5.74) is 0. The second kappa shape index (κ2) is 34.4. The van der Waals surface area contributed by atoms with Crippen molar-refractivity contribution in [3.8, 4) is 0 Å². The maximum Gasteiger partial charge on any atom is 0.222 e. The van der Waals surface area contributed by atoms with Crippen LogP contribution in [0.4, 0.5) is 0 Å². The van der Waals surface area contributed by atoms with Crippen molar-refractivity contribution in [3.05, 3.63) is 36.5 Å². The smallest absolute Gasteiger partial charge is 0.222 e. The topological polar surface area (TPSA) is 89.8 Å². The molecule has 4 N–H and O–H groups in total. The Balaban J connectivity index is 3.81. The standard InChI is InChI=1S/C39H73NO4/c1-3-5-7-9-11-13-15-16-17-18-19-20-21-22-23-25-27-29-31-33-38(43)37(35-41)40-39(44)34-36(42)32-30-28-26-24-14-12-10-8-6-4-2/h19-20,23,25,31,33,36-38,41-43H,3-18,21-22,24,26-30,32,34-35H2,1-2H3,(H,40,44)/b20-19+,25-23+,33-31+. The monoisotopic (exact) mass is 620 g/mol. The number of aliphatic hydroxyl groups excluding tert-OH is 3. The Morgan fingerprint density at radius 1 is 0.568 bits per heavy atom. The number of rotatable bonds is 33. The summed E-state index contributed by atoms with van der Waals surface area (Å²) in [6.45, 7) is 4.16. The van der Waals surface area contributed by atoms with Crippen LogP contribution >= 0.6 is 0 Å². The van der Waals surface area contributed by atoms with Gasteiger partial charge in [-0.3, -0.25) is 4.79 Å². The van der Waals surface area contributed by atoms with Gasteiger partial charge in [-0.15, -0.1) is 0 Å². The highest BCUT2D eigenvalue weighted by atomic mass is 16.3. The molecule has 0 heterocycles. The molecule has 0 bridgehead atoms. The van der Waals surface area contributed by atoms with Gasteiger partial charge in [-0.2, -0.15) is 0 Å². The van der Waals surface area contributed by atoms with Gasteiger partial charge >= 0.3 is 0 Å². The van der Waals surface area contributed by atoms with Gasteiger partial charge in [0.15, 0.2) is 0 Å². The van der Waals surface area contributed by atoms with Crippen molar-refractivity contribution in [3.63, 3.8) is 0 Å². The maximum absolute atomic E-state index is 12.3. The fourth-order valence-corrected chi connectivity index (χ4v) is 5.49. The summed E-state index contributed by atoms with van der Waals surface area (Å²) < 4.78 is 0. The highest BCUT2D eigenvalue weighted by Gasteiger charge is 2.20. The fraction of sp³-hybridized carbons (Fsp3) is 0.821. The largest absolute Gasteiger partial charge is 0.394 e. The van der Waals surface area contributed by atoms with E-state index in [1.54, 1.807) is 6.08 Å². The molecule has 0 aromatic rings. The van der Waals surface area contributed by atoms with Gasteiger partial charge in [-0.05, 0) is 44.9 Å². The first-order chi connectivity index (χ1) is 21.5. The molecular weight excluding hydrogens is 546 g/mol. The molecule has 0 radical (unpaired) electrons. The van der Waals surface area contributed by atoms with Crippen molar-refractivity contribution in [2.24, 2.45) is 0 Å². The molecule has 3 unspecified atom stereocenters. The van der Waals surface area contributed by atoms with Crippen LogP contribution in [0.1, 0.15) is 181 Å². The molecule has 0 aromatic carbocycles. The minimum absolute atomic E-state index is 0.00357. The molecule has 0 aliphatic heterocycles. The molecule has 0 aliphatic rings. The molecule has 44 heavy (non-hydrogen) atoms. The summed E-state index contributed by atoms with van der Waals surface area (Å²) in [6.07, 6.45) is 41.3. The number of aliphatic hydroxyl groups is 3. The van der Waals surface area contributed by atoms with Gasteiger partial charge in [-0.25, -0.2) is 0 Å². The lowest BCUT2D eigenvalue weighted by atomic mass is 10.0. The molecule has 0 aromatic heterocycles. The molecule has 0 saturated heterocycles. The van der Waals surface area contributed by atoms with Crippen LogP contribution in [0.5, 0.6) is 0 Å². The third kappa shape index (κ3) is 30.6. The minimum atomic E-state index is -0.956. The van der Waals surface area contributed by atoms with Crippen molar-refractivity contribution < 1.29 is 20.1 Å². The molecule has 0 spiro atoms. The molecule has 5 nitrogen and oxygen atoms in total. The molecule has 258 valence electrons. The molecule has 1 amide bonds. The van der Waals surface area contributed by atoms with Gasteiger partial charge in [0.2, 0.25) is 5.91 Å². The Morgan fingerprint density at radius 2 is 0.977 bits per heavy atom. The number of unbranched alkanes of at least 4 members (excludes halogenated alkanes) is 20. The van der Waals surface area contributed by atoms with E-state index in [0.29, 0.717) is 6.42 Å². The molecule has 0 fully saturated rings. The first kappa shape index (κ1) is 42.6. The first-order valence-electron chi connectivity index (χ1n) is 18.8. The van der Waals surface area contributed by atoms with Crippen LogP contribution in [0, 0.1) is 0 Å². The zero-order valence-corrected chi connectivity index (χ0v) is 29.0. The summed E-state index contributed by atoms with van der Waals surface area (Å²) >= 11 is 0. The van der Waals surface area contributed by atoms with Gasteiger partial charge in [0.05, 0.1) is 31.3 Å². The number of carbonyl (C=O) groups excluding carboxylic acids is 1. The predicted molar refractivity (Wildman–Crippen MR) is 190 cm³/mol. The van der Waals surface area contributed by atoms with E-state index in [1.807, 2.05) is 6.08 Å². The predicted octanol–water partition coefficient (Wildman–Crippen LogP) is 10.0. The minimum Gasteiger partial charge on any atom is -0.394 e. The molecule has 0 rings (SSSR count). The number of nitrogens with one attached hydrogen (secondary N) is 1. The fourth-order valence-electron chi connectivity index (χ4n) is 5.49. The van der Waals surface area contributed by atoms with Gasteiger partial charge in [0.25, 0.3) is 0 Å². The van der Waals surface area contributed by atoms with Crippen molar-refractivity contribution >= 4 is 5.91 Å². The van der Waals surface area contributed by atoms with E-state index in [9.17, 15) is 20.1 Å². The molecule has 0 saturated carbocycles. The second-order valence-electron chi connectivity index (χ2n) is 12.8. The van der Waals surface area contributed by atoms with E-state index in [-0.39, 0.29) is 18.9 Å². The third-order valence-electron chi connectivity index (χ3n) is 8.41. The normalized spacial score (nSPS) is 14.2. The van der Waals surface area contributed by atoms with Crippen LogP contribution in [0.15, 0.2) is 36.5 Å². The van der Waals surface area contributed by atoms with E-state index in [0.717, 1.165) is 38.5 Å². The molecule has 3 atom stereocenters. The summed E-state index contributed by atoms with van der Waals surface area (Å²) in [7, 11) is 0. The van der Waals surface area contributed by atoms with E-state index in [1.165, 1.54) is 116 Å². The van der Waals surface area contributed by atoms with Gasteiger partial charge in [0.1, 0.15) is 0 Å². The highest BCUT2D eigenvalue weighted by molar-refractivity contribution is 5.76. The third-order valence-corrected chi connectivity index (χ3v) is 8.41. The first-order valence-corrected chi connectivity index (χ1v) is 18.8. The van der Waals surface area contributed by atoms with Gasteiger partial charge in [0, 0.05) is 0 Å². The van der Waals surface area contributed by atoms with Crippen LogP contribution in [0.25, 0.3) is 0 Å². The lowest BCUT2D eigenvalue weighted by Crippen LogP contribution is -2.45. The van der Waals surface area contributed by atoms with Crippen LogP contribution in [0.3, 0.4) is 0 Å². The zero-order valence-electron chi connectivity index (χ0n) is 29.0. The quantitative estimate of drug-likeness (QED) is 0.0435. The molecule has 5 heteroatoms. The van der Waals surface area contributed by atoms with E-state index in [4.69, 9.17) is 0 Å². The van der Waals surface area contributed by atoms with Crippen molar-refractivity contribution in [1.82, 2.24) is 5.32 Å². The Kier molecular flexibility index (Phi) is 33.3. The lowest BCUT2D eigenvalue weighted by Gasteiger charge is -2.21. The number of allylic oxidation sites excluding steroid dienone is 5. The number of hydrogen-bond donors (Lipinski definition) is 4. The number of hydrogen-bond acceptors (Lipinski definition) is 4. The molecular formula is C39H73NO4. The highest BCUT2D eigenvalue weighted by Crippen LogP contribution is 2.14. The van der Waals surface area contributed by atoms with Crippen LogP contribution < -0.4 is 5.32 Å².